The smallest absolute Gasteiger partial charge is 0.326 e. The number of aliphatic carboxylic acids is 1. The van der Waals surface area contributed by atoms with Crippen LogP contribution in [-0.4, -0.2) is 49.6 Å². The Balaban J connectivity index is 3.32. The largest absolute Gasteiger partial charge is 0.677 e. The van der Waals surface area contributed by atoms with Crippen LogP contribution >= 0.6 is 0 Å². The molecule has 1 atom stereocenters. The lowest BCUT2D eigenvalue weighted by Crippen LogP contribution is -2.41. The van der Waals surface area contributed by atoms with Crippen LogP contribution in [-0.2, 0) is 14.4 Å². The van der Waals surface area contributed by atoms with E-state index in [9.17, 15) is 19.5 Å². The Kier molecular flexibility index (Phi) is 8.47. The van der Waals surface area contributed by atoms with Crippen molar-refractivity contribution < 1.29 is 29.0 Å². The van der Waals surface area contributed by atoms with Crippen LogP contribution in [0.25, 0.3) is 11.3 Å². The molecular formula is C19H25N2O6-. The van der Waals surface area contributed by atoms with Crippen LogP contribution in [0.2, 0.25) is 0 Å². The van der Waals surface area contributed by atoms with Gasteiger partial charge >= 0.3 is 5.97 Å². The number of carboxylic acid groups (broad SMARTS) is 1. The summed E-state index contributed by atoms with van der Waals surface area (Å²) in [6.45, 7) is 3.04. The molecule has 8 nitrogen and oxygen atoms in total. The number of carbonyl (C=O) groups excluding carboxylic acids is 2. The van der Waals surface area contributed by atoms with Crippen LogP contribution in [0.15, 0.2) is 18.2 Å². The first-order valence-corrected chi connectivity index (χ1v) is 8.34. The lowest BCUT2D eigenvalue weighted by molar-refractivity contribution is -0.141. The molecule has 27 heavy (non-hydrogen) atoms. The van der Waals surface area contributed by atoms with Crippen LogP contribution in [0.3, 0.4) is 0 Å². The summed E-state index contributed by atoms with van der Waals surface area (Å²) in [4.78, 5) is 35.0. The monoisotopic (exact) mass is 377 g/mol. The summed E-state index contributed by atoms with van der Waals surface area (Å²) in [5, 5.41) is 11.8. The minimum absolute atomic E-state index is 0.0883. The predicted octanol–water partition coefficient (Wildman–Crippen LogP) is 2.39. The van der Waals surface area contributed by atoms with Crippen molar-refractivity contribution in [2.45, 2.75) is 32.7 Å². The molecule has 1 aromatic carbocycles. The summed E-state index contributed by atoms with van der Waals surface area (Å²) in [5.41, 5.74) is 8.93. The van der Waals surface area contributed by atoms with Gasteiger partial charge in [-0.15, -0.1) is 6.54 Å². The fraction of sp³-hybridized carbons (Fsp3) is 0.421. The molecule has 0 heterocycles. The van der Waals surface area contributed by atoms with E-state index in [0.29, 0.717) is 22.6 Å². The minimum Gasteiger partial charge on any atom is -0.677 e. The molecule has 8 heteroatoms. The van der Waals surface area contributed by atoms with E-state index < -0.39 is 17.9 Å². The number of rotatable bonds is 10. The summed E-state index contributed by atoms with van der Waals surface area (Å²) in [7, 11) is 2.98. The molecule has 0 fully saturated rings. The highest BCUT2D eigenvalue weighted by molar-refractivity contribution is 5.96. The van der Waals surface area contributed by atoms with Crippen LogP contribution in [0, 0.1) is 6.92 Å². The van der Waals surface area contributed by atoms with Crippen molar-refractivity contribution in [3.8, 4) is 11.5 Å². The molecule has 0 aliphatic carbocycles. The quantitative estimate of drug-likeness (QED) is 0.603. The number of methoxy groups -OCH3 is 2. The van der Waals surface area contributed by atoms with Crippen LogP contribution in [0.5, 0.6) is 11.5 Å². The molecule has 1 aromatic rings. The zero-order chi connectivity index (χ0) is 20.6. The first kappa shape index (κ1) is 22.2. The van der Waals surface area contributed by atoms with Gasteiger partial charge in [0.1, 0.15) is 6.04 Å². The fourth-order valence-corrected chi connectivity index (χ4v) is 2.62. The molecule has 0 saturated heterocycles. The number of amides is 1. The molecule has 0 saturated carbocycles. The molecule has 1 unspecified atom stereocenters. The number of hydrogen-bond acceptors (Lipinski definition) is 5. The summed E-state index contributed by atoms with van der Waals surface area (Å²) in [6, 6.07) is 2.19. The summed E-state index contributed by atoms with van der Waals surface area (Å²) in [6.07, 6.45) is 1.17. The van der Waals surface area contributed by atoms with Gasteiger partial charge in [-0.2, -0.15) is 0 Å². The average Bonchev–Trinajstić information content (AvgIpc) is 2.59. The zero-order valence-corrected chi connectivity index (χ0v) is 15.9. The van der Waals surface area contributed by atoms with Gasteiger partial charge in [-0.3, -0.25) is 9.59 Å². The maximum atomic E-state index is 11.7. The Morgan fingerprint density at radius 2 is 1.81 bits per heavy atom. The van der Waals surface area contributed by atoms with E-state index in [1.807, 2.05) is 0 Å². The van der Waals surface area contributed by atoms with Gasteiger partial charge in [0.05, 0.1) is 14.2 Å². The SMILES string of the molecule is COc1cc(C)c(/C(=C\C(C)=O)CC(NC(=O)CC[NH-])C(=O)O)cc1OC. The maximum Gasteiger partial charge on any atom is 0.326 e. The number of ketones is 1. The van der Waals surface area contributed by atoms with E-state index >= 15 is 0 Å². The standard InChI is InChI=1S/C19H25N2O6/c1-11-7-16(26-3)17(27-4)10-14(11)13(8-12(2)22)9-15(19(24)25)21-18(23)5-6-20/h7-8,10,15,20H,5-6,9H2,1-4H3,(H,21,23)(H,24,25)/q-1/b13-8-. The van der Waals surface area contributed by atoms with E-state index in [-0.39, 0.29) is 25.2 Å². The highest BCUT2D eigenvalue weighted by atomic mass is 16.5. The lowest BCUT2D eigenvalue weighted by Gasteiger charge is -2.19. The van der Waals surface area contributed by atoms with Gasteiger partial charge in [0.25, 0.3) is 0 Å². The van der Waals surface area contributed by atoms with Crippen molar-refractivity contribution in [3.63, 3.8) is 0 Å². The highest BCUT2D eigenvalue weighted by Crippen LogP contribution is 2.34. The highest BCUT2D eigenvalue weighted by Gasteiger charge is 2.23. The molecule has 0 spiro atoms. The maximum absolute atomic E-state index is 11.7. The van der Waals surface area contributed by atoms with Gasteiger partial charge in [-0.05, 0) is 48.8 Å². The first-order valence-electron chi connectivity index (χ1n) is 8.34. The molecule has 1 rings (SSSR count). The van der Waals surface area contributed by atoms with Gasteiger partial charge < -0.3 is 25.6 Å². The van der Waals surface area contributed by atoms with Gasteiger partial charge in [0.2, 0.25) is 5.91 Å². The molecule has 0 aliphatic heterocycles. The van der Waals surface area contributed by atoms with Crippen molar-refractivity contribution in [1.29, 1.82) is 0 Å². The number of nitrogens with one attached hydrogen (secondary N) is 2. The van der Waals surface area contributed by atoms with Crippen molar-refractivity contribution in [1.82, 2.24) is 5.32 Å². The minimum atomic E-state index is -1.22. The third kappa shape index (κ3) is 6.41. The third-order valence-electron chi connectivity index (χ3n) is 3.86. The Hall–Kier alpha value is -2.87. The second kappa shape index (κ2) is 10.3. The molecule has 0 bridgehead atoms. The van der Waals surface area contributed by atoms with E-state index in [1.54, 1.807) is 19.1 Å². The molecule has 1 amide bonds. The fourth-order valence-electron chi connectivity index (χ4n) is 2.62. The van der Waals surface area contributed by atoms with Gasteiger partial charge in [0.15, 0.2) is 17.3 Å². The summed E-state index contributed by atoms with van der Waals surface area (Å²) < 4.78 is 10.5. The topological polar surface area (TPSA) is 126 Å². The first-order chi connectivity index (χ1) is 12.7. The number of hydrogen-bond donors (Lipinski definition) is 2. The Bertz CT molecular complexity index is 742. The molecular weight excluding hydrogens is 352 g/mol. The van der Waals surface area contributed by atoms with Gasteiger partial charge in [-0.25, -0.2) is 4.79 Å². The molecule has 0 radical (unpaired) electrons. The van der Waals surface area contributed by atoms with Crippen molar-refractivity contribution in [3.05, 3.63) is 35.1 Å². The predicted molar refractivity (Wildman–Crippen MR) is 101 cm³/mol. The van der Waals surface area contributed by atoms with Crippen molar-refractivity contribution in [2.24, 2.45) is 0 Å². The summed E-state index contributed by atoms with van der Waals surface area (Å²) >= 11 is 0. The number of carboxylic acids is 1. The van der Waals surface area contributed by atoms with Crippen molar-refractivity contribution in [2.75, 3.05) is 20.8 Å². The number of carbonyl (C=O) groups is 3. The van der Waals surface area contributed by atoms with Crippen LogP contribution < -0.4 is 14.8 Å². The van der Waals surface area contributed by atoms with Gasteiger partial charge in [0, 0.05) is 12.8 Å². The molecule has 3 N–H and O–H groups in total. The number of ether oxygens (including phenoxy) is 2. The van der Waals surface area contributed by atoms with Crippen LogP contribution in [0.4, 0.5) is 0 Å². The normalized spacial score (nSPS) is 12.3. The number of benzene rings is 1. The average molecular weight is 377 g/mol. The van der Waals surface area contributed by atoms with E-state index in [2.05, 4.69) is 5.32 Å². The Morgan fingerprint density at radius 3 is 2.30 bits per heavy atom. The number of allylic oxidation sites excluding steroid dienone is 1. The van der Waals surface area contributed by atoms with Gasteiger partial charge in [-0.1, -0.05) is 0 Å². The van der Waals surface area contributed by atoms with Crippen LogP contribution in [0.1, 0.15) is 30.9 Å². The lowest BCUT2D eigenvalue weighted by atomic mass is 9.93. The van der Waals surface area contributed by atoms with E-state index in [4.69, 9.17) is 15.2 Å². The van der Waals surface area contributed by atoms with Crippen molar-refractivity contribution >= 4 is 23.2 Å². The van der Waals surface area contributed by atoms with E-state index in [0.717, 1.165) is 5.56 Å². The zero-order valence-electron chi connectivity index (χ0n) is 15.9. The molecule has 0 aromatic heterocycles. The molecule has 0 aliphatic rings. The Morgan fingerprint density at radius 1 is 1.22 bits per heavy atom. The van der Waals surface area contributed by atoms with E-state index in [1.165, 1.54) is 27.2 Å². The molecule has 148 valence electrons. The third-order valence-corrected chi connectivity index (χ3v) is 3.86. The second-order valence-corrected chi connectivity index (χ2v) is 5.96. The number of aryl methyl sites for hydroxylation is 1. The second-order valence-electron chi connectivity index (χ2n) is 5.96. The summed E-state index contributed by atoms with van der Waals surface area (Å²) in [5.74, 6) is -1.04. The Labute approximate surface area is 158 Å².